The van der Waals surface area contributed by atoms with Crippen molar-refractivity contribution in [3.8, 4) is 0 Å². The van der Waals surface area contributed by atoms with Crippen LogP contribution in [0.4, 0.5) is 0 Å². The Labute approximate surface area is 95.5 Å². The molecule has 2 unspecified atom stereocenters. The van der Waals surface area contributed by atoms with Crippen LogP contribution < -0.4 is 5.32 Å². The predicted octanol–water partition coefficient (Wildman–Crippen LogP) is 2.10. The number of carbonyl (C=O) groups is 1. The molecule has 0 saturated carbocycles. The highest BCUT2D eigenvalue weighted by Crippen LogP contribution is 2.30. The lowest BCUT2D eigenvalue weighted by atomic mass is 9.82. The second-order valence-electron chi connectivity index (χ2n) is 4.51. The van der Waals surface area contributed by atoms with Crippen LogP contribution in [-0.2, 0) is 0 Å². The summed E-state index contributed by atoms with van der Waals surface area (Å²) in [6, 6.07) is 7.35. The van der Waals surface area contributed by atoms with Gasteiger partial charge in [-0.05, 0) is 49.0 Å². The molecule has 0 aliphatic carbocycles. The first kappa shape index (κ1) is 11.1. The average Bonchev–Trinajstić information content (AvgIpc) is 2.30. The second kappa shape index (κ2) is 4.66. The third kappa shape index (κ3) is 2.25. The Balaban J connectivity index is 2.25. The molecule has 2 rings (SSSR count). The molecular weight excluding hydrogens is 202 g/mol. The molecule has 0 radical (unpaired) electrons. The standard InChI is InChI=1S/C13H17NO2/c1-9-8-14-6-5-12(9)10-3-2-4-11(7-10)13(15)16/h2-4,7,9,12,14H,5-6,8H2,1H3,(H,15,16). The van der Waals surface area contributed by atoms with Crippen molar-refractivity contribution in [3.63, 3.8) is 0 Å². The van der Waals surface area contributed by atoms with Gasteiger partial charge in [0, 0.05) is 0 Å². The van der Waals surface area contributed by atoms with Gasteiger partial charge in [0.05, 0.1) is 5.56 Å². The molecule has 1 aromatic rings. The molecule has 1 aliphatic rings. The summed E-state index contributed by atoms with van der Waals surface area (Å²) in [5.74, 6) is 0.210. The Morgan fingerprint density at radius 1 is 1.50 bits per heavy atom. The van der Waals surface area contributed by atoms with Gasteiger partial charge in [-0.2, -0.15) is 0 Å². The normalized spacial score (nSPS) is 25.3. The molecule has 0 amide bonds. The lowest BCUT2D eigenvalue weighted by molar-refractivity contribution is 0.0696. The highest BCUT2D eigenvalue weighted by Gasteiger charge is 2.23. The molecule has 86 valence electrons. The van der Waals surface area contributed by atoms with Crippen molar-refractivity contribution < 1.29 is 9.90 Å². The van der Waals surface area contributed by atoms with Crippen LogP contribution in [0, 0.1) is 5.92 Å². The summed E-state index contributed by atoms with van der Waals surface area (Å²) in [6.45, 7) is 4.25. The van der Waals surface area contributed by atoms with Crippen LogP contribution in [0.15, 0.2) is 24.3 Å². The fraction of sp³-hybridized carbons (Fsp3) is 0.462. The van der Waals surface area contributed by atoms with E-state index < -0.39 is 5.97 Å². The second-order valence-corrected chi connectivity index (χ2v) is 4.51. The first-order chi connectivity index (χ1) is 7.68. The maximum absolute atomic E-state index is 10.9. The van der Waals surface area contributed by atoms with Gasteiger partial charge in [-0.15, -0.1) is 0 Å². The first-order valence-corrected chi connectivity index (χ1v) is 5.72. The van der Waals surface area contributed by atoms with Crippen LogP contribution in [0.2, 0.25) is 0 Å². The number of rotatable bonds is 2. The number of aromatic carboxylic acids is 1. The van der Waals surface area contributed by atoms with Crippen molar-refractivity contribution in [3.05, 3.63) is 35.4 Å². The van der Waals surface area contributed by atoms with E-state index in [4.69, 9.17) is 5.11 Å². The molecule has 1 saturated heterocycles. The van der Waals surface area contributed by atoms with E-state index in [1.54, 1.807) is 6.07 Å². The van der Waals surface area contributed by atoms with Crippen LogP contribution in [0.25, 0.3) is 0 Å². The zero-order valence-electron chi connectivity index (χ0n) is 9.44. The van der Waals surface area contributed by atoms with Crippen molar-refractivity contribution in [1.29, 1.82) is 0 Å². The minimum atomic E-state index is -0.844. The molecule has 1 fully saturated rings. The van der Waals surface area contributed by atoms with Gasteiger partial charge in [0.2, 0.25) is 0 Å². The molecule has 1 aliphatic heterocycles. The zero-order valence-corrected chi connectivity index (χ0v) is 9.44. The molecule has 1 aromatic carbocycles. The first-order valence-electron chi connectivity index (χ1n) is 5.72. The number of carboxylic acid groups (broad SMARTS) is 1. The third-order valence-electron chi connectivity index (χ3n) is 3.35. The topological polar surface area (TPSA) is 49.3 Å². The van der Waals surface area contributed by atoms with E-state index >= 15 is 0 Å². The van der Waals surface area contributed by atoms with E-state index in [1.807, 2.05) is 18.2 Å². The largest absolute Gasteiger partial charge is 0.478 e. The summed E-state index contributed by atoms with van der Waals surface area (Å²) >= 11 is 0. The van der Waals surface area contributed by atoms with Gasteiger partial charge >= 0.3 is 5.97 Å². The lowest BCUT2D eigenvalue weighted by Crippen LogP contribution is -2.33. The van der Waals surface area contributed by atoms with Crippen molar-refractivity contribution in [2.75, 3.05) is 13.1 Å². The average molecular weight is 219 g/mol. The maximum atomic E-state index is 10.9. The van der Waals surface area contributed by atoms with Gasteiger partial charge in [0.1, 0.15) is 0 Å². The van der Waals surface area contributed by atoms with Crippen LogP contribution in [0.5, 0.6) is 0 Å². The van der Waals surface area contributed by atoms with Gasteiger partial charge in [-0.1, -0.05) is 19.1 Å². The van der Waals surface area contributed by atoms with Gasteiger partial charge in [0.15, 0.2) is 0 Å². The number of hydrogen-bond donors (Lipinski definition) is 2. The zero-order chi connectivity index (χ0) is 11.5. The van der Waals surface area contributed by atoms with Crippen LogP contribution in [0.1, 0.15) is 35.2 Å². The number of piperidine rings is 1. The third-order valence-corrected chi connectivity index (χ3v) is 3.35. The van der Waals surface area contributed by atoms with Crippen LogP contribution in [0.3, 0.4) is 0 Å². The number of hydrogen-bond acceptors (Lipinski definition) is 2. The van der Waals surface area contributed by atoms with Gasteiger partial charge in [-0.25, -0.2) is 4.79 Å². The molecule has 0 aromatic heterocycles. The van der Waals surface area contributed by atoms with Gasteiger partial charge < -0.3 is 10.4 Å². The van der Waals surface area contributed by atoms with Gasteiger partial charge in [-0.3, -0.25) is 0 Å². The molecule has 0 spiro atoms. The molecule has 1 heterocycles. The summed E-state index contributed by atoms with van der Waals surface area (Å²) in [4.78, 5) is 10.9. The van der Waals surface area contributed by atoms with Crippen molar-refractivity contribution >= 4 is 5.97 Å². The number of nitrogens with one attached hydrogen (secondary N) is 1. The fourth-order valence-corrected chi connectivity index (χ4v) is 2.41. The summed E-state index contributed by atoms with van der Waals surface area (Å²) in [5, 5.41) is 12.3. The van der Waals surface area contributed by atoms with Crippen LogP contribution >= 0.6 is 0 Å². The predicted molar refractivity (Wildman–Crippen MR) is 62.8 cm³/mol. The summed E-state index contributed by atoms with van der Waals surface area (Å²) in [6.07, 6.45) is 1.09. The minimum absolute atomic E-state index is 0.392. The molecule has 2 atom stereocenters. The quantitative estimate of drug-likeness (QED) is 0.800. The molecule has 2 N–H and O–H groups in total. The summed E-state index contributed by atoms with van der Waals surface area (Å²) in [5.41, 5.74) is 1.55. The van der Waals surface area contributed by atoms with Gasteiger partial charge in [0.25, 0.3) is 0 Å². The lowest BCUT2D eigenvalue weighted by Gasteiger charge is -2.30. The molecule has 0 bridgehead atoms. The van der Waals surface area contributed by atoms with E-state index in [1.165, 1.54) is 0 Å². The molecule has 3 nitrogen and oxygen atoms in total. The summed E-state index contributed by atoms with van der Waals surface area (Å²) < 4.78 is 0. The minimum Gasteiger partial charge on any atom is -0.478 e. The van der Waals surface area contributed by atoms with E-state index in [2.05, 4.69) is 12.2 Å². The van der Waals surface area contributed by atoms with Crippen molar-refractivity contribution in [2.24, 2.45) is 5.92 Å². The van der Waals surface area contributed by atoms with E-state index in [-0.39, 0.29) is 0 Å². The monoisotopic (exact) mass is 219 g/mol. The van der Waals surface area contributed by atoms with Crippen molar-refractivity contribution in [1.82, 2.24) is 5.32 Å². The Kier molecular flexibility index (Phi) is 3.25. The Hall–Kier alpha value is -1.35. The smallest absolute Gasteiger partial charge is 0.335 e. The van der Waals surface area contributed by atoms with E-state index in [0.717, 1.165) is 25.1 Å². The Morgan fingerprint density at radius 2 is 2.31 bits per heavy atom. The SMILES string of the molecule is CC1CNCCC1c1cccc(C(=O)O)c1. The molecule has 3 heteroatoms. The highest BCUT2D eigenvalue weighted by molar-refractivity contribution is 5.87. The van der Waals surface area contributed by atoms with Crippen molar-refractivity contribution in [2.45, 2.75) is 19.3 Å². The summed E-state index contributed by atoms with van der Waals surface area (Å²) in [7, 11) is 0. The fourth-order valence-electron chi connectivity index (χ4n) is 2.41. The van der Waals surface area contributed by atoms with Crippen LogP contribution in [-0.4, -0.2) is 24.2 Å². The molecular formula is C13H17NO2. The van der Waals surface area contributed by atoms with E-state index in [0.29, 0.717) is 17.4 Å². The highest BCUT2D eigenvalue weighted by atomic mass is 16.4. The number of benzene rings is 1. The maximum Gasteiger partial charge on any atom is 0.335 e. The van der Waals surface area contributed by atoms with E-state index in [9.17, 15) is 4.79 Å². The Bertz CT molecular complexity index is 389. The number of carboxylic acids is 1. The Morgan fingerprint density at radius 3 is 3.00 bits per heavy atom. The molecule has 16 heavy (non-hydrogen) atoms.